The standard InChI is InChI=1S/C18H24N4O3S/c1-3-22-11-5-6-13(22)12-21(2)18(23)17-15-7-4-8-16(26(19,24)25)14(15)9-10-20-17/h4,7-10,13H,3,5-6,11-12H2,1-2H3,(H2,19,24,25)/t13-/m1/s1. The van der Waals surface area contributed by atoms with E-state index in [1.54, 1.807) is 30.1 Å². The van der Waals surface area contributed by atoms with E-state index in [2.05, 4.69) is 16.8 Å². The summed E-state index contributed by atoms with van der Waals surface area (Å²) in [4.78, 5) is 21.2. The van der Waals surface area contributed by atoms with Gasteiger partial charge in [-0.05, 0) is 38.1 Å². The van der Waals surface area contributed by atoms with E-state index < -0.39 is 10.0 Å². The van der Waals surface area contributed by atoms with Crippen molar-refractivity contribution >= 4 is 26.7 Å². The van der Waals surface area contributed by atoms with E-state index in [4.69, 9.17) is 5.14 Å². The number of nitrogens with two attached hydrogens (primary N) is 1. The molecule has 1 amide bonds. The smallest absolute Gasteiger partial charge is 0.272 e. The molecule has 0 saturated carbocycles. The first kappa shape index (κ1) is 18.8. The Morgan fingerprint density at radius 2 is 2.12 bits per heavy atom. The van der Waals surface area contributed by atoms with Crippen molar-refractivity contribution < 1.29 is 13.2 Å². The number of primary sulfonamides is 1. The van der Waals surface area contributed by atoms with Crippen LogP contribution in [0.25, 0.3) is 10.8 Å². The number of benzene rings is 1. The Bertz CT molecular complexity index is 929. The molecule has 0 spiro atoms. The van der Waals surface area contributed by atoms with Crippen molar-refractivity contribution in [2.75, 3.05) is 26.7 Å². The van der Waals surface area contributed by atoms with Gasteiger partial charge in [0.2, 0.25) is 10.0 Å². The van der Waals surface area contributed by atoms with Crippen molar-refractivity contribution in [1.29, 1.82) is 0 Å². The normalized spacial score (nSPS) is 18.3. The second-order valence-corrected chi connectivity index (χ2v) is 8.20. The van der Waals surface area contributed by atoms with Crippen LogP contribution in [0.3, 0.4) is 0 Å². The predicted molar refractivity (Wildman–Crippen MR) is 100 cm³/mol. The molecule has 1 fully saturated rings. The lowest BCUT2D eigenvalue weighted by Crippen LogP contribution is -2.41. The summed E-state index contributed by atoms with van der Waals surface area (Å²) < 4.78 is 23.6. The zero-order chi connectivity index (χ0) is 18.9. The van der Waals surface area contributed by atoms with Crippen LogP contribution in [0, 0.1) is 0 Å². The quantitative estimate of drug-likeness (QED) is 0.852. The van der Waals surface area contributed by atoms with Crippen LogP contribution in [0.15, 0.2) is 35.4 Å². The number of hydrogen-bond acceptors (Lipinski definition) is 5. The number of pyridine rings is 1. The molecule has 1 aromatic heterocycles. The molecule has 1 atom stereocenters. The third-order valence-electron chi connectivity index (χ3n) is 5.01. The summed E-state index contributed by atoms with van der Waals surface area (Å²) in [6.07, 6.45) is 3.67. The van der Waals surface area contributed by atoms with Crippen LogP contribution in [0.4, 0.5) is 0 Å². The second kappa shape index (κ2) is 7.30. The highest BCUT2D eigenvalue weighted by molar-refractivity contribution is 7.89. The van der Waals surface area contributed by atoms with Gasteiger partial charge in [0.25, 0.3) is 5.91 Å². The monoisotopic (exact) mass is 376 g/mol. The van der Waals surface area contributed by atoms with Gasteiger partial charge in [-0.1, -0.05) is 19.1 Å². The van der Waals surface area contributed by atoms with E-state index in [9.17, 15) is 13.2 Å². The number of nitrogens with zero attached hydrogens (tertiary/aromatic N) is 3. The molecule has 0 bridgehead atoms. The van der Waals surface area contributed by atoms with Gasteiger partial charge in [0.05, 0.1) is 4.90 Å². The maximum atomic E-state index is 13.0. The molecule has 1 aromatic carbocycles. The number of likely N-dealkylation sites (tertiary alicyclic amines) is 1. The van der Waals surface area contributed by atoms with Crippen molar-refractivity contribution in [2.24, 2.45) is 5.14 Å². The number of likely N-dealkylation sites (N-methyl/N-ethyl adjacent to an activating group) is 2. The molecular formula is C18H24N4O3S. The Hall–Kier alpha value is -2.03. The number of rotatable bonds is 5. The van der Waals surface area contributed by atoms with E-state index in [0.29, 0.717) is 23.4 Å². The number of carbonyl (C=O) groups is 1. The average Bonchev–Trinajstić information content (AvgIpc) is 3.06. The predicted octanol–water partition coefficient (Wildman–Crippen LogP) is 1.44. The first-order valence-corrected chi connectivity index (χ1v) is 10.3. The number of aromatic nitrogens is 1. The summed E-state index contributed by atoms with van der Waals surface area (Å²) in [6, 6.07) is 6.64. The van der Waals surface area contributed by atoms with Crippen molar-refractivity contribution in [1.82, 2.24) is 14.8 Å². The lowest BCUT2D eigenvalue weighted by molar-refractivity contribution is 0.0751. The van der Waals surface area contributed by atoms with Crippen LogP contribution in [-0.4, -0.2) is 61.8 Å². The van der Waals surface area contributed by atoms with Gasteiger partial charge in [-0.3, -0.25) is 14.7 Å². The highest BCUT2D eigenvalue weighted by atomic mass is 32.2. The van der Waals surface area contributed by atoms with Crippen LogP contribution >= 0.6 is 0 Å². The molecule has 8 heteroatoms. The van der Waals surface area contributed by atoms with Crippen LogP contribution in [0.1, 0.15) is 30.3 Å². The third kappa shape index (κ3) is 3.58. The summed E-state index contributed by atoms with van der Waals surface area (Å²) in [5, 5.41) is 6.21. The van der Waals surface area contributed by atoms with Crippen LogP contribution in [0.2, 0.25) is 0 Å². The minimum atomic E-state index is -3.88. The number of fused-ring (bicyclic) bond motifs is 1. The maximum absolute atomic E-state index is 13.0. The Kier molecular flexibility index (Phi) is 5.27. The van der Waals surface area contributed by atoms with E-state index in [-0.39, 0.29) is 16.5 Å². The first-order valence-electron chi connectivity index (χ1n) is 8.73. The number of carbonyl (C=O) groups excluding carboxylic acids is 1. The Balaban J connectivity index is 1.93. The average molecular weight is 376 g/mol. The zero-order valence-electron chi connectivity index (χ0n) is 15.1. The number of hydrogen-bond donors (Lipinski definition) is 1. The molecule has 0 aliphatic carbocycles. The van der Waals surface area contributed by atoms with E-state index >= 15 is 0 Å². The molecule has 26 heavy (non-hydrogen) atoms. The molecule has 140 valence electrons. The summed E-state index contributed by atoms with van der Waals surface area (Å²) in [5.41, 5.74) is 0.247. The van der Waals surface area contributed by atoms with Gasteiger partial charge in [0, 0.05) is 36.6 Å². The number of sulfonamides is 1. The van der Waals surface area contributed by atoms with Crippen molar-refractivity contribution in [2.45, 2.75) is 30.7 Å². The Labute approximate surface area is 153 Å². The molecule has 2 heterocycles. The number of amides is 1. The third-order valence-corrected chi connectivity index (χ3v) is 5.98. The van der Waals surface area contributed by atoms with E-state index in [1.165, 1.54) is 12.3 Å². The van der Waals surface area contributed by atoms with Gasteiger partial charge in [0.15, 0.2) is 0 Å². The van der Waals surface area contributed by atoms with Gasteiger partial charge in [-0.25, -0.2) is 13.6 Å². The summed E-state index contributed by atoms with van der Waals surface area (Å²) in [7, 11) is -2.12. The van der Waals surface area contributed by atoms with E-state index in [0.717, 1.165) is 25.9 Å². The molecule has 1 saturated heterocycles. The Morgan fingerprint density at radius 3 is 2.81 bits per heavy atom. The van der Waals surface area contributed by atoms with Gasteiger partial charge < -0.3 is 4.90 Å². The second-order valence-electron chi connectivity index (χ2n) is 6.67. The molecule has 0 radical (unpaired) electrons. The fourth-order valence-electron chi connectivity index (χ4n) is 3.69. The SMILES string of the molecule is CCN1CCC[C@@H]1CN(C)C(=O)c1nccc2c(S(N)(=O)=O)cccc12. The molecule has 1 aliphatic heterocycles. The summed E-state index contributed by atoms with van der Waals surface area (Å²) in [6.45, 7) is 4.78. The Morgan fingerprint density at radius 1 is 1.35 bits per heavy atom. The van der Waals surface area contributed by atoms with Crippen molar-refractivity contribution in [3.8, 4) is 0 Å². The maximum Gasteiger partial charge on any atom is 0.272 e. The fourth-order valence-corrected chi connectivity index (χ4v) is 4.45. The van der Waals surface area contributed by atoms with Gasteiger partial charge >= 0.3 is 0 Å². The largest absolute Gasteiger partial charge is 0.339 e. The minimum Gasteiger partial charge on any atom is -0.339 e. The van der Waals surface area contributed by atoms with Crippen molar-refractivity contribution in [3.05, 3.63) is 36.2 Å². The summed E-state index contributed by atoms with van der Waals surface area (Å²) >= 11 is 0. The first-order chi connectivity index (χ1) is 12.3. The molecule has 7 nitrogen and oxygen atoms in total. The van der Waals surface area contributed by atoms with Crippen LogP contribution in [0.5, 0.6) is 0 Å². The van der Waals surface area contributed by atoms with E-state index in [1.807, 2.05) is 0 Å². The van der Waals surface area contributed by atoms with Gasteiger partial charge in [0.1, 0.15) is 5.69 Å². The lowest BCUT2D eigenvalue weighted by atomic mass is 10.1. The minimum absolute atomic E-state index is 0.00190. The fraction of sp³-hybridized carbons (Fsp3) is 0.444. The van der Waals surface area contributed by atoms with Crippen LogP contribution in [-0.2, 0) is 10.0 Å². The highest BCUT2D eigenvalue weighted by Gasteiger charge is 2.27. The lowest BCUT2D eigenvalue weighted by Gasteiger charge is -2.27. The topological polar surface area (TPSA) is 96.6 Å². The molecule has 3 rings (SSSR count). The molecule has 2 N–H and O–H groups in total. The summed E-state index contributed by atoms with van der Waals surface area (Å²) in [5.74, 6) is -0.217. The molecule has 0 unspecified atom stereocenters. The zero-order valence-corrected chi connectivity index (χ0v) is 15.9. The van der Waals surface area contributed by atoms with Crippen LogP contribution < -0.4 is 5.14 Å². The van der Waals surface area contributed by atoms with Gasteiger partial charge in [-0.15, -0.1) is 0 Å². The molecule has 2 aromatic rings. The van der Waals surface area contributed by atoms with Gasteiger partial charge in [-0.2, -0.15) is 0 Å². The van der Waals surface area contributed by atoms with Crippen molar-refractivity contribution in [3.63, 3.8) is 0 Å². The highest BCUT2D eigenvalue weighted by Crippen LogP contribution is 2.25. The molecular weight excluding hydrogens is 352 g/mol. The molecule has 1 aliphatic rings.